The third-order valence-electron chi connectivity index (χ3n) is 5.52. The van der Waals surface area contributed by atoms with E-state index in [0.717, 1.165) is 30.8 Å². The van der Waals surface area contributed by atoms with E-state index in [1.165, 1.54) is 4.90 Å². The van der Waals surface area contributed by atoms with Gasteiger partial charge in [-0.3, -0.25) is 14.5 Å². The zero-order chi connectivity index (χ0) is 21.3. The topological polar surface area (TPSA) is 49.9 Å². The van der Waals surface area contributed by atoms with Crippen molar-refractivity contribution in [3.05, 3.63) is 35.5 Å². The maximum atomic E-state index is 13.3. The number of carbonyl (C=O) groups is 2. The van der Waals surface area contributed by atoms with Crippen molar-refractivity contribution >= 4 is 17.4 Å². The third-order valence-corrected chi connectivity index (χ3v) is 5.52. The molecule has 2 aliphatic rings. The van der Waals surface area contributed by atoms with Crippen LogP contribution in [0.5, 0.6) is 5.75 Å². The van der Waals surface area contributed by atoms with Crippen molar-refractivity contribution in [3.63, 3.8) is 0 Å². The van der Waals surface area contributed by atoms with Gasteiger partial charge in [-0.1, -0.05) is 39.8 Å². The molecule has 5 heteroatoms. The summed E-state index contributed by atoms with van der Waals surface area (Å²) in [6, 6.07) is 7.41. The molecule has 0 bridgehead atoms. The lowest BCUT2D eigenvalue weighted by Crippen LogP contribution is -2.43. The molecule has 2 heterocycles. The summed E-state index contributed by atoms with van der Waals surface area (Å²) in [5, 5.41) is 0. The Morgan fingerprint density at radius 3 is 2.07 bits per heavy atom. The molecular weight excluding hydrogens is 364 g/mol. The molecule has 0 spiro atoms. The van der Waals surface area contributed by atoms with E-state index in [4.69, 9.17) is 4.74 Å². The van der Waals surface area contributed by atoms with Gasteiger partial charge in [0, 0.05) is 19.1 Å². The zero-order valence-electron chi connectivity index (χ0n) is 18.6. The molecule has 29 heavy (non-hydrogen) atoms. The van der Waals surface area contributed by atoms with Crippen LogP contribution >= 0.6 is 0 Å². The second kappa shape index (κ2) is 8.60. The Bertz CT molecular complexity index is 785. The van der Waals surface area contributed by atoms with Crippen LogP contribution in [-0.2, 0) is 9.59 Å². The van der Waals surface area contributed by atoms with Gasteiger partial charge >= 0.3 is 0 Å². The fraction of sp³-hybridized carbons (Fsp3) is 0.583. The van der Waals surface area contributed by atoms with Crippen LogP contribution in [0.15, 0.2) is 30.0 Å². The maximum Gasteiger partial charge on any atom is 0.278 e. The van der Waals surface area contributed by atoms with Crippen molar-refractivity contribution in [1.29, 1.82) is 0 Å². The molecule has 0 N–H and O–H groups in total. The highest BCUT2D eigenvalue weighted by molar-refractivity contribution is 6.35. The van der Waals surface area contributed by atoms with E-state index in [2.05, 4.69) is 32.6 Å². The lowest BCUT2D eigenvalue weighted by Gasteiger charge is -2.37. The van der Waals surface area contributed by atoms with Crippen molar-refractivity contribution in [3.8, 4) is 5.75 Å². The van der Waals surface area contributed by atoms with Crippen LogP contribution in [-0.4, -0.2) is 47.4 Å². The zero-order valence-corrected chi connectivity index (χ0v) is 18.6. The Morgan fingerprint density at radius 1 is 0.966 bits per heavy atom. The van der Waals surface area contributed by atoms with E-state index in [1.54, 1.807) is 0 Å². The summed E-state index contributed by atoms with van der Waals surface area (Å²) in [5.41, 5.74) is 1.88. The molecule has 1 saturated heterocycles. The maximum absolute atomic E-state index is 13.3. The van der Waals surface area contributed by atoms with Crippen LogP contribution in [0.1, 0.15) is 53.5 Å². The Morgan fingerprint density at radius 2 is 1.55 bits per heavy atom. The smallest absolute Gasteiger partial charge is 0.278 e. The van der Waals surface area contributed by atoms with E-state index in [-0.39, 0.29) is 17.9 Å². The molecule has 2 amide bonds. The lowest BCUT2D eigenvalue weighted by atomic mass is 9.91. The van der Waals surface area contributed by atoms with E-state index < -0.39 is 0 Å². The Hall–Kier alpha value is -2.30. The van der Waals surface area contributed by atoms with E-state index in [1.807, 2.05) is 38.1 Å². The molecule has 0 aromatic heterocycles. The monoisotopic (exact) mass is 398 g/mol. The predicted molar refractivity (Wildman–Crippen MR) is 115 cm³/mol. The molecule has 3 rings (SSSR count). The number of rotatable bonds is 6. The van der Waals surface area contributed by atoms with Crippen LogP contribution in [0.25, 0.3) is 5.57 Å². The molecule has 1 aromatic rings. The number of amides is 2. The van der Waals surface area contributed by atoms with Crippen LogP contribution in [0.2, 0.25) is 0 Å². The highest BCUT2D eigenvalue weighted by atomic mass is 16.5. The Labute approximate surface area is 174 Å². The predicted octanol–water partition coefficient (Wildman–Crippen LogP) is 4.19. The molecule has 2 aliphatic heterocycles. The first kappa shape index (κ1) is 21.4. The number of piperidine rings is 1. The molecule has 0 saturated carbocycles. The number of imide groups is 1. The van der Waals surface area contributed by atoms with Crippen LogP contribution in [0.4, 0.5) is 0 Å². The van der Waals surface area contributed by atoms with Gasteiger partial charge in [-0.2, -0.15) is 0 Å². The average molecular weight is 399 g/mol. The molecule has 0 aliphatic carbocycles. The minimum absolute atomic E-state index is 0.165. The minimum atomic E-state index is -0.193. The number of benzene rings is 1. The van der Waals surface area contributed by atoms with Gasteiger partial charge in [-0.05, 0) is 55.7 Å². The Balaban J connectivity index is 1.99. The second-order valence-electron chi connectivity index (χ2n) is 9.38. The lowest BCUT2D eigenvalue weighted by molar-refractivity contribution is -0.139. The van der Waals surface area contributed by atoms with Crippen molar-refractivity contribution in [2.75, 3.05) is 19.7 Å². The summed E-state index contributed by atoms with van der Waals surface area (Å²) < 4.78 is 5.77. The molecule has 5 nitrogen and oxygen atoms in total. The normalized spacial score (nSPS) is 23.0. The number of carbonyl (C=O) groups excluding carboxylic acids is 2. The van der Waals surface area contributed by atoms with Gasteiger partial charge in [-0.25, -0.2) is 0 Å². The van der Waals surface area contributed by atoms with Gasteiger partial charge in [0.2, 0.25) is 0 Å². The standard InChI is InChI=1S/C24H34N2O3/c1-15(2)14-29-20-9-7-19(8-10-20)21-22(24(28)26(16(3)4)23(21)27)25-12-17(5)11-18(6)13-25/h7-10,15-18H,11-14H2,1-6H3. The van der Waals surface area contributed by atoms with Gasteiger partial charge in [0.25, 0.3) is 11.8 Å². The molecular formula is C24H34N2O3. The number of likely N-dealkylation sites (tertiary alicyclic amines) is 1. The molecule has 158 valence electrons. The Kier molecular flexibility index (Phi) is 6.35. The van der Waals surface area contributed by atoms with Gasteiger partial charge < -0.3 is 9.64 Å². The van der Waals surface area contributed by atoms with Crippen molar-refractivity contribution < 1.29 is 14.3 Å². The highest BCUT2D eigenvalue weighted by Crippen LogP contribution is 2.36. The van der Waals surface area contributed by atoms with Gasteiger partial charge in [0.15, 0.2) is 0 Å². The number of hydrogen-bond donors (Lipinski definition) is 0. The molecule has 2 atom stereocenters. The first-order valence-electron chi connectivity index (χ1n) is 10.8. The van der Waals surface area contributed by atoms with E-state index >= 15 is 0 Å². The number of hydrogen-bond acceptors (Lipinski definition) is 4. The van der Waals surface area contributed by atoms with Crippen LogP contribution < -0.4 is 4.74 Å². The quantitative estimate of drug-likeness (QED) is 0.674. The van der Waals surface area contributed by atoms with Crippen molar-refractivity contribution in [2.24, 2.45) is 17.8 Å². The van der Waals surface area contributed by atoms with E-state index in [0.29, 0.717) is 35.6 Å². The van der Waals surface area contributed by atoms with E-state index in [9.17, 15) is 9.59 Å². The summed E-state index contributed by atoms with van der Waals surface area (Å²) in [4.78, 5) is 30.1. The summed E-state index contributed by atoms with van der Waals surface area (Å²) in [5.74, 6) is 1.86. The summed E-state index contributed by atoms with van der Waals surface area (Å²) >= 11 is 0. The minimum Gasteiger partial charge on any atom is -0.493 e. The molecule has 0 radical (unpaired) electrons. The highest BCUT2D eigenvalue weighted by Gasteiger charge is 2.43. The second-order valence-corrected chi connectivity index (χ2v) is 9.38. The summed E-state index contributed by atoms with van der Waals surface area (Å²) in [6.45, 7) is 14.7. The average Bonchev–Trinajstić information content (AvgIpc) is 2.90. The van der Waals surface area contributed by atoms with Crippen LogP contribution in [0.3, 0.4) is 0 Å². The fourth-order valence-electron chi connectivity index (χ4n) is 4.38. The first-order valence-corrected chi connectivity index (χ1v) is 10.8. The fourth-order valence-corrected chi connectivity index (χ4v) is 4.38. The first-order chi connectivity index (χ1) is 13.7. The number of ether oxygens (including phenoxy) is 1. The van der Waals surface area contributed by atoms with Crippen molar-refractivity contribution in [2.45, 2.75) is 54.0 Å². The van der Waals surface area contributed by atoms with Crippen LogP contribution in [0, 0.1) is 17.8 Å². The molecule has 1 aromatic carbocycles. The molecule has 2 unspecified atom stereocenters. The van der Waals surface area contributed by atoms with Gasteiger partial charge in [0.05, 0.1) is 12.2 Å². The number of nitrogens with zero attached hydrogens (tertiary/aromatic N) is 2. The summed E-state index contributed by atoms with van der Waals surface area (Å²) in [7, 11) is 0. The third kappa shape index (κ3) is 4.49. The largest absolute Gasteiger partial charge is 0.493 e. The van der Waals surface area contributed by atoms with Crippen molar-refractivity contribution in [1.82, 2.24) is 9.80 Å². The SMILES string of the molecule is CC(C)COc1ccc(C2=C(N3CC(C)CC(C)C3)C(=O)N(C(C)C)C2=O)cc1. The summed E-state index contributed by atoms with van der Waals surface area (Å²) in [6.07, 6.45) is 1.15. The van der Waals surface area contributed by atoms with Gasteiger partial charge in [0.1, 0.15) is 11.4 Å². The van der Waals surface area contributed by atoms with Gasteiger partial charge in [-0.15, -0.1) is 0 Å². The molecule has 1 fully saturated rings.